The van der Waals surface area contributed by atoms with E-state index in [1.165, 1.54) is 13.8 Å². The lowest BCUT2D eigenvalue weighted by molar-refractivity contribution is -0.145. The molecule has 0 aromatic heterocycles. The molecule has 0 saturated carbocycles. The average Bonchev–Trinajstić information content (AvgIpc) is 3.57. The summed E-state index contributed by atoms with van der Waals surface area (Å²) in [4.78, 5) is 90.5. The van der Waals surface area contributed by atoms with Gasteiger partial charge in [0, 0.05) is 13.0 Å². The van der Waals surface area contributed by atoms with Crippen LogP contribution < -0.4 is 32.7 Å². The van der Waals surface area contributed by atoms with E-state index < -0.39 is 103 Å². The molecule has 18 heteroatoms. The maximum atomic E-state index is 13.6. The fourth-order valence-electron chi connectivity index (χ4n) is 5.57. The molecule has 51 heavy (non-hydrogen) atoms. The molecule has 12 N–H and O–H groups in total. The van der Waals surface area contributed by atoms with Gasteiger partial charge in [0.25, 0.3) is 0 Å². The largest absolute Gasteiger partial charge is 0.481 e. The number of rotatable bonds is 21. The molecule has 0 unspecified atom stereocenters. The molecule has 284 valence electrons. The number of carbonyl (C=O) groups excluding carboxylic acids is 5. The Bertz CT molecular complexity index is 1360. The highest BCUT2D eigenvalue weighted by Gasteiger charge is 2.41. The summed E-state index contributed by atoms with van der Waals surface area (Å²) < 4.78 is 0. The first kappa shape index (κ1) is 42.5. The van der Waals surface area contributed by atoms with Crippen LogP contribution in [0.2, 0.25) is 0 Å². The summed E-state index contributed by atoms with van der Waals surface area (Å²) in [6, 6.07) is 0.692. The number of hydrogen-bond acceptors (Lipinski definition) is 11. The standard InChI is InChI=1S/C33H51N7O11/c1-18(41)26(31(48)36-22(13-14-25(43)44)29(46)37-23(33(50)51)11-6-7-15-34)38-30(47)24-12-8-16-40(24)32(49)27(19(2)42)39-28(45)21(35)17-20-9-4-3-5-10-20/h3-5,9-10,18-19,21-24,26-27,41-42H,6-8,11-17,34-35H2,1-2H3,(H,36,48)(H,37,46)(H,38,47)(H,39,45)(H,43,44)(H,50,51)/t18-,19-,21+,22+,23+,24+,26+,27+/m1/s1. The van der Waals surface area contributed by atoms with Gasteiger partial charge >= 0.3 is 11.9 Å². The first-order chi connectivity index (χ1) is 24.1. The number of nitrogens with two attached hydrogens (primary N) is 2. The topological polar surface area (TPSA) is 304 Å². The Morgan fingerprint density at radius 2 is 1.45 bits per heavy atom. The number of aliphatic hydroxyl groups is 2. The van der Waals surface area contributed by atoms with Gasteiger partial charge in [0.2, 0.25) is 29.5 Å². The number of nitrogens with zero attached hydrogens (tertiary/aromatic N) is 1. The maximum Gasteiger partial charge on any atom is 0.326 e. The van der Waals surface area contributed by atoms with Gasteiger partial charge < -0.3 is 58.1 Å². The molecular weight excluding hydrogens is 670 g/mol. The van der Waals surface area contributed by atoms with Crippen molar-refractivity contribution in [3.8, 4) is 0 Å². The molecule has 0 bridgehead atoms. The van der Waals surface area contributed by atoms with Crippen LogP contribution in [0.4, 0.5) is 0 Å². The number of amides is 5. The van der Waals surface area contributed by atoms with E-state index in [1.54, 1.807) is 30.3 Å². The Balaban J connectivity index is 2.16. The quantitative estimate of drug-likeness (QED) is 0.0580. The van der Waals surface area contributed by atoms with Crippen molar-refractivity contribution in [3.05, 3.63) is 35.9 Å². The van der Waals surface area contributed by atoms with Gasteiger partial charge in [0.1, 0.15) is 30.2 Å². The predicted octanol–water partition coefficient (Wildman–Crippen LogP) is -2.67. The zero-order valence-electron chi connectivity index (χ0n) is 28.8. The van der Waals surface area contributed by atoms with Gasteiger partial charge in [-0.05, 0) is 70.9 Å². The first-order valence-corrected chi connectivity index (χ1v) is 16.9. The van der Waals surface area contributed by atoms with Crippen LogP contribution in [0, 0.1) is 0 Å². The summed E-state index contributed by atoms with van der Waals surface area (Å²) in [7, 11) is 0. The fraction of sp³-hybridized carbons (Fsp3) is 0.606. The van der Waals surface area contributed by atoms with Gasteiger partial charge in [0.05, 0.1) is 18.2 Å². The molecule has 0 aliphatic carbocycles. The third-order valence-corrected chi connectivity index (χ3v) is 8.42. The van der Waals surface area contributed by atoms with E-state index in [9.17, 15) is 54.0 Å². The van der Waals surface area contributed by atoms with Crippen LogP contribution in [0.5, 0.6) is 0 Å². The molecule has 1 heterocycles. The molecule has 1 aromatic carbocycles. The number of carbonyl (C=O) groups is 7. The zero-order valence-corrected chi connectivity index (χ0v) is 28.8. The predicted molar refractivity (Wildman–Crippen MR) is 181 cm³/mol. The van der Waals surface area contributed by atoms with E-state index in [0.717, 1.165) is 10.5 Å². The Hall–Kier alpha value is -4.65. The van der Waals surface area contributed by atoms with E-state index >= 15 is 0 Å². The number of nitrogens with one attached hydrogen (secondary N) is 4. The number of benzene rings is 1. The number of carboxylic acids is 2. The van der Waals surface area contributed by atoms with Crippen LogP contribution >= 0.6 is 0 Å². The molecule has 0 radical (unpaired) electrons. The minimum Gasteiger partial charge on any atom is -0.481 e. The van der Waals surface area contributed by atoms with Crippen LogP contribution in [0.1, 0.15) is 64.4 Å². The SMILES string of the molecule is C[C@@H](O)[C@H](NC(=O)[C@@H]1CCCN1C(=O)[C@@H](NC(=O)[C@@H](N)Cc1ccccc1)[C@@H](C)O)C(=O)N[C@@H](CCC(=O)O)C(=O)N[C@@H](CCCCN)C(=O)O. The zero-order chi connectivity index (χ0) is 38.2. The van der Waals surface area contributed by atoms with Crippen LogP contribution in [-0.4, -0.2) is 128 Å². The molecule has 5 amide bonds. The number of aliphatic carboxylic acids is 2. The molecule has 0 spiro atoms. The minimum absolute atomic E-state index is 0.0287. The second-order valence-electron chi connectivity index (χ2n) is 12.6. The third kappa shape index (κ3) is 13.5. The van der Waals surface area contributed by atoms with Gasteiger partial charge in [-0.15, -0.1) is 0 Å². The summed E-state index contributed by atoms with van der Waals surface area (Å²) in [5, 5.41) is 49.0. The van der Waals surface area contributed by atoms with Crippen molar-refractivity contribution in [3.63, 3.8) is 0 Å². The lowest BCUT2D eigenvalue weighted by atomic mass is 10.0. The van der Waals surface area contributed by atoms with Crippen LogP contribution in [-0.2, 0) is 40.0 Å². The highest BCUT2D eigenvalue weighted by molar-refractivity contribution is 5.97. The van der Waals surface area contributed by atoms with Crippen LogP contribution in [0.25, 0.3) is 0 Å². The molecule has 8 atom stereocenters. The normalized spacial score (nSPS) is 18.2. The van der Waals surface area contributed by atoms with Crippen molar-refractivity contribution < 1.29 is 54.0 Å². The van der Waals surface area contributed by atoms with Crippen LogP contribution in [0.15, 0.2) is 30.3 Å². The highest BCUT2D eigenvalue weighted by atomic mass is 16.4. The van der Waals surface area contributed by atoms with Gasteiger partial charge in [-0.25, -0.2) is 4.79 Å². The Morgan fingerprint density at radius 3 is 2.02 bits per heavy atom. The number of hydrogen-bond donors (Lipinski definition) is 10. The van der Waals surface area contributed by atoms with Crippen molar-refractivity contribution in [1.82, 2.24) is 26.2 Å². The van der Waals surface area contributed by atoms with E-state index in [-0.39, 0.29) is 25.8 Å². The third-order valence-electron chi connectivity index (χ3n) is 8.42. The van der Waals surface area contributed by atoms with Gasteiger partial charge in [-0.3, -0.25) is 28.8 Å². The highest BCUT2D eigenvalue weighted by Crippen LogP contribution is 2.20. The molecule has 1 aliphatic rings. The second kappa shape index (κ2) is 20.9. The summed E-state index contributed by atoms with van der Waals surface area (Å²) in [6.45, 7) is 2.85. The summed E-state index contributed by atoms with van der Waals surface area (Å²) >= 11 is 0. The molecule has 1 aromatic rings. The monoisotopic (exact) mass is 721 g/mol. The van der Waals surface area contributed by atoms with Crippen molar-refractivity contribution in [1.29, 1.82) is 0 Å². The number of likely N-dealkylation sites (tertiary alicyclic amines) is 1. The molecule has 2 rings (SSSR count). The van der Waals surface area contributed by atoms with Crippen LogP contribution in [0.3, 0.4) is 0 Å². The number of aliphatic hydroxyl groups excluding tert-OH is 2. The Kier molecular flexibility index (Phi) is 17.4. The molecule has 1 aliphatic heterocycles. The lowest BCUT2D eigenvalue weighted by Gasteiger charge is -2.32. The Morgan fingerprint density at radius 1 is 0.824 bits per heavy atom. The number of carboxylic acid groups (broad SMARTS) is 2. The molecule has 1 fully saturated rings. The van der Waals surface area contributed by atoms with Gasteiger partial charge in [-0.1, -0.05) is 30.3 Å². The molecular formula is C33H51N7O11. The first-order valence-electron chi connectivity index (χ1n) is 16.9. The van der Waals surface area contributed by atoms with E-state index in [4.69, 9.17) is 11.5 Å². The second-order valence-corrected chi connectivity index (χ2v) is 12.6. The smallest absolute Gasteiger partial charge is 0.326 e. The van der Waals surface area contributed by atoms with Gasteiger partial charge in [0.15, 0.2) is 0 Å². The number of unbranched alkanes of at least 4 members (excludes halogenated alkanes) is 1. The molecule has 18 nitrogen and oxygen atoms in total. The van der Waals surface area contributed by atoms with Crippen molar-refractivity contribution in [2.75, 3.05) is 13.1 Å². The van der Waals surface area contributed by atoms with Crippen molar-refractivity contribution in [2.24, 2.45) is 11.5 Å². The summed E-state index contributed by atoms with van der Waals surface area (Å²) in [5.41, 5.74) is 12.3. The minimum atomic E-state index is -1.68. The van der Waals surface area contributed by atoms with Crippen molar-refractivity contribution in [2.45, 2.75) is 114 Å². The van der Waals surface area contributed by atoms with E-state index in [1.807, 2.05) is 0 Å². The summed E-state index contributed by atoms with van der Waals surface area (Å²) in [5.74, 6) is -7.02. The summed E-state index contributed by atoms with van der Waals surface area (Å²) in [6.07, 6.45) is -2.36. The van der Waals surface area contributed by atoms with E-state index in [0.29, 0.717) is 25.8 Å². The van der Waals surface area contributed by atoms with Crippen molar-refractivity contribution >= 4 is 41.5 Å². The van der Waals surface area contributed by atoms with E-state index in [2.05, 4.69) is 21.3 Å². The lowest BCUT2D eigenvalue weighted by Crippen LogP contribution is -2.62. The maximum absolute atomic E-state index is 13.6. The average molecular weight is 722 g/mol. The fourth-order valence-corrected chi connectivity index (χ4v) is 5.57. The molecule has 1 saturated heterocycles. The van der Waals surface area contributed by atoms with Gasteiger partial charge in [-0.2, -0.15) is 0 Å². The Labute approximate surface area is 295 Å².